The van der Waals surface area contributed by atoms with Gasteiger partial charge in [0.1, 0.15) is 0 Å². The highest BCUT2D eigenvalue weighted by Crippen LogP contribution is 2.27. The first-order valence-electron chi connectivity index (χ1n) is 3.55. The molecule has 0 saturated heterocycles. The van der Waals surface area contributed by atoms with Gasteiger partial charge in [-0.2, -0.15) is 0 Å². The van der Waals surface area contributed by atoms with Gasteiger partial charge in [0.05, 0.1) is 5.75 Å². The number of nitrogens with one attached hydrogen (secondary N) is 1. The molecule has 4 heteroatoms. The summed E-state index contributed by atoms with van der Waals surface area (Å²) in [5.74, 6) is 0.751. The average molecular weight is 163 g/mol. The maximum absolute atomic E-state index is 10.9. The molecule has 1 saturated carbocycles. The van der Waals surface area contributed by atoms with E-state index >= 15 is 0 Å². The number of rotatable bonds is 3. The van der Waals surface area contributed by atoms with Crippen LogP contribution in [0.1, 0.15) is 19.3 Å². The first-order valence-corrected chi connectivity index (χ1v) is 5.20. The molecular weight excluding hydrogens is 150 g/mol. The lowest BCUT2D eigenvalue weighted by atomic mass is 9.87. The van der Waals surface area contributed by atoms with Crippen molar-refractivity contribution in [2.24, 2.45) is 5.92 Å². The Morgan fingerprint density at radius 1 is 1.50 bits per heavy atom. The van der Waals surface area contributed by atoms with E-state index in [2.05, 4.69) is 4.72 Å². The van der Waals surface area contributed by atoms with Gasteiger partial charge in [0.15, 0.2) is 0 Å². The molecule has 0 atom stereocenters. The molecule has 1 N–H and O–H groups in total. The van der Waals surface area contributed by atoms with Crippen LogP contribution in [0.3, 0.4) is 0 Å². The van der Waals surface area contributed by atoms with E-state index < -0.39 is 10.0 Å². The molecule has 1 aliphatic rings. The summed E-state index contributed by atoms with van der Waals surface area (Å²) in [5.41, 5.74) is 0. The Hall–Kier alpha value is -0.0900. The first-order chi connectivity index (χ1) is 4.64. The van der Waals surface area contributed by atoms with Crippen LogP contribution >= 0.6 is 0 Å². The number of sulfonamides is 1. The molecule has 0 aromatic carbocycles. The molecule has 0 bridgehead atoms. The first kappa shape index (κ1) is 8.01. The second kappa shape index (κ2) is 2.88. The molecular formula is C6H13NO2S. The van der Waals surface area contributed by atoms with E-state index in [9.17, 15) is 8.42 Å². The average Bonchev–Trinajstić information content (AvgIpc) is 1.80. The predicted molar refractivity (Wildman–Crippen MR) is 40.2 cm³/mol. The smallest absolute Gasteiger partial charge is 0.211 e. The fourth-order valence-corrected chi connectivity index (χ4v) is 2.17. The van der Waals surface area contributed by atoms with E-state index in [1.165, 1.54) is 13.5 Å². The van der Waals surface area contributed by atoms with Crippen molar-refractivity contribution in [2.75, 3.05) is 12.8 Å². The lowest BCUT2D eigenvalue weighted by Crippen LogP contribution is -2.29. The summed E-state index contributed by atoms with van der Waals surface area (Å²) in [6, 6.07) is 0. The summed E-state index contributed by atoms with van der Waals surface area (Å²) < 4.78 is 24.1. The minimum atomic E-state index is -2.93. The third kappa shape index (κ3) is 1.95. The van der Waals surface area contributed by atoms with Crippen molar-refractivity contribution in [2.45, 2.75) is 19.3 Å². The maximum atomic E-state index is 10.9. The van der Waals surface area contributed by atoms with Gasteiger partial charge >= 0.3 is 0 Å². The Morgan fingerprint density at radius 2 is 2.10 bits per heavy atom. The van der Waals surface area contributed by atoms with Gasteiger partial charge in [-0.25, -0.2) is 13.1 Å². The van der Waals surface area contributed by atoms with Crippen molar-refractivity contribution in [1.29, 1.82) is 0 Å². The SMILES string of the molecule is CNS(=O)(=O)CC1CCC1. The molecule has 0 aromatic rings. The molecule has 0 heterocycles. The zero-order chi connectivity index (χ0) is 7.61. The monoisotopic (exact) mass is 163 g/mol. The summed E-state index contributed by atoms with van der Waals surface area (Å²) in [5, 5.41) is 0. The molecule has 10 heavy (non-hydrogen) atoms. The van der Waals surface area contributed by atoms with Crippen LogP contribution in [-0.2, 0) is 10.0 Å². The fraction of sp³-hybridized carbons (Fsp3) is 1.00. The molecule has 60 valence electrons. The highest BCUT2D eigenvalue weighted by molar-refractivity contribution is 7.89. The van der Waals surface area contributed by atoms with E-state index in [0.29, 0.717) is 11.7 Å². The molecule has 0 radical (unpaired) electrons. The van der Waals surface area contributed by atoms with Gasteiger partial charge in [0.2, 0.25) is 10.0 Å². The fourth-order valence-electron chi connectivity index (χ4n) is 1.05. The van der Waals surface area contributed by atoms with E-state index in [0.717, 1.165) is 12.8 Å². The molecule has 0 unspecified atom stereocenters. The Balaban J connectivity index is 2.36. The van der Waals surface area contributed by atoms with E-state index in [1.54, 1.807) is 0 Å². The Kier molecular flexibility index (Phi) is 2.31. The topological polar surface area (TPSA) is 46.2 Å². The summed E-state index contributed by atoms with van der Waals surface area (Å²) in [6.07, 6.45) is 3.37. The molecule has 1 fully saturated rings. The van der Waals surface area contributed by atoms with Crippen LogP contribution in [-0.4, -0.2) is 21.2 Å². The van der Waals surface area contributed by atoms with Gasteiger partial charge in [-0.3, -0.25) is 0 Å². The van der Waals surface area contributed by atoms with Crippen molar-refractivity contribution >= 4 is 10.0 Å². The van der Waals surface area contributed by atoms with Crippen LogP contribution in [0.5, 0.6) is 0 Å². The van der Waals surface area contributed by atoms with Crippen LogP contribution in [0.15, 0.2) is 0 Å². The van der Waals surface area contributed by atoms with Gasteiger partial charge in [-0.15, -0.1) is 0 Å². The van der Waals surface area contributed by atoms with Crippen LogP contribution in [0.25, 0.3) is 0 Å². The molecule has 0 aromatic heterocycles. The summed E-state index contributed by atoms with van der Waals surface area (Å²) in [6.45, 7) is 0. The van der Waals surface area contributed by atoms with Crippen LogP contribution < -0.4 is 4.72 Å². The Morgan fingerprint density at radius 3 is 2.40 bits per heavy atom. The minimum Gasteiger partial charge on any atom is -0.218 e. The number of hydrogen-bond donors (Lipinski definition) is 1. The zero-order valence-electron chi connectivity index (χ0n) is 6.13. The van der Waals surface area contributed by atoms with Gasteiger partial charge in [-0.05, 0) is 25.8 Å². The van der Waals surface area contributed by atoms with Crippen molar-refractivity contribution in [3.63, 3.8) is 0 Å². The van der Waals surface area contributed by atoms with E-state index in [1.807, 2.05) is 0 Å². The second-order valence-electron chi connectivity index (χ2n) is 2.78. The molecule has 0 amide bonds. The highest BCUT2D eigenvalue weighted by Gasteiger charge is 2.22. The molecule has 3 nitrogen and oxygen atoms in total. The van der Waals surface area contributed by atoms with Crippen molar-refractivity contribution in [1.82, 2.24) is 4.72 Å². The van der Waals surface area contributed by atoms with Gasteiger partial charge in [0.25, 0.3) is 0 Å². The quantitative estimate of drug-likeness (QED) is 0.652. The van der Waals surface area contributed by atoms with Crippen LogP contribution in [0.4, 0.5) is 0 Å². The lowest BCUT2D eigenvalue weighted by molar-refractivity contribution is 0.346. The van der Waals surface area contributed by atoms with Gasteiger partial charge in [0, 0.05) is 0 Å². The Labute approximate surface area is 61.9 Å². The van der Waals surface area contributed by atoms with Gasteiger partial charge < -0.3 is 0 Å². The molecule has 0 spiro atoms. The number of hydrogen-bond acceptors (Lipinski definition) is 2. The predicted octanol–water partition coefficient (Wildman–Crippen LogP) is 0.336. The minimum absolute atomic E-state index is 0.323. The molecule has 0 aliphatic heterocycles. The van der Waals surface area contributed by atoms with Crippen LogP contribution in [0, 0.1) is 5.92 Å². The third-order valence-corrected chi connectivity index (χ3v) is 3.52. The lowest BCUT2D eigenvalue weighted by Gasteiger charge is -2.24. The standard InChI is InChI=1S/C6H13NO2S/c1-7-10(8,9)5-6-3-2-4-6/h6-7H,2-5H2,1H3. The highest BCUT2D eigenvalue weighted by atomic mass is 32.2. The van der Waals surface area contributed by atoms with Crippen molar-refractivity contribution in [3.8, 4) is 0 Å². The van der Waals surface area contributed by atoms with E-state index in [-0.39, 0.29) is 0 Å². The molecule has 1 aliphatic carbocycles. The summed E-state index contributed by atoms with van der Waals surface area (Å²) >= 11 is 0. The maximum Gasteiger partial charge on any atom is 0.211 e. The van der Waals surface area contributed by atoms with Crippen molar-refractivity contribution < 1.29 is 8.42 Å². The second-order valence-corrected chi connectivity index (χ2v) is 4.75. The van der Waals surface area contributed by atoms with Gasteiger partial charge in [-0.1, -0.05) is 6.42 Å². The zero-order valence-corrected chi connectivity index (χ0v) is 6.95. The third-order valence-electron chi connectivity index (χ3n) is 1.99. The summed E-state index contributed by atoms with van der Waals surface area (Å²) in [7, 11) is -1.46. The van der Waals surface area contributed by atoms with Crippen molar-refractivity contribution in [3.05, 3.63) is 0 Å². The van der Waals surface area contributed by atoms with Crippen LogP contribution in [0.2, 0.25) is 0 Å². The summed E-state index contributed by atoms with van der Waals surface area (Å²) in [4.78, 5) is 0. The normalized spacial score (nSPS) is 20.5. The Bertz CT molecular complexity index is 194. The van der Waals surface area contributed by atoms with E-state index in [4.69, 9.17) is 0 Å². The molecule has 1 rings (SSSR count). The largest absolute Gasteiger partial charge is 0.218 e.